The minimum Gasteiger partial charge on any atom is -0.480 e. The van der Waals surface area contributed by atoms with E-state index in [4.69, 9.17) is 5.11 Å². The molecule has 0 amide bonds. The van der Waals surface area contributed by atoms with Gasteiger partial charge in [0.05, 0.1) is 0 Å². The van der Waals surface area contributed by atoms with E-state index in [1.54, 1.807) is 0 Å². The summed E-state index contributed by atoms with van der Waals surface area (Å²) in [6.45, 7) is 5.76. The molecule has 0 aliphatic carbocycles. The van der Waals surface area contributed by atoms with Crippen molar-refractivity contribution in [3.05, 3.63) is 17.5 Å². The number of aromatic nitrogens is 2. The number of anilines is 1. The SMILES string of the molecule is CCCC[C@H](Nc1nc(C)cc(C)n1)C(=O)O. The maximum atomic E-state index is 11.1. The summed E-state index contributed by atoms with van der Waals surface area (Å²) in [5.74, 6) is -0.466. The average Bonchev–Trinajstić information content (AvgIpc) is 2.22. The minimum absolute atomic E-state index is 0.394. The van der Waals surface area contributed by atoms with E-state index in [1.165, 1.54) is 0 Å². The van der Waals surface area contributed by atoms with Crippen molar-refractivity contribution in [3.8, 4) is 0 Å². The number of hydrogen-bond acceptors (Lipinski definition) is 4. The number of hydrogen-bond donors (Lipinski definition) is 2. The second kappa shape index (κ2) is 6.18. The molecule has 5 nitrogen and oxygen atoms in total. The molecule has 1 heterocycles. The molecule has 0 spiro atoms. The zero-order valence-electron chi connectivity index (χ0n) is 10.5. The molecule has 17 heavy (non-hydrogen) atoms. The van der Waals surface area contributed by atoms with Crippen LogP contribution in [0.15, 0.2) is 6.07 Å². The third-order valence-electron chi connectivity index (χ3n) is 2.43. The second-order valence-electron chi connectivity index (χ2n) is 4.15. The van der Waals surface area contributed by atoms with E-state index in [0.29, 0.717) is 12.4 Å². The quantitative estimate of drug-likeness (QED) is 0.793. The first-order valence-electron chi connectivity index (χ1n) is 5.84. The van der Waals surface area contributed by atoms with E-state index in [0.717, 1.165) is 24.2 Å². The monoisotopic (exact) mass is 237 g/mol. The molecular formula is C12H19N3O2. The smallest absolute Gasteiger partial charge is 0.326 e. The van der Waals surface area contributed by atoms with Crippen molar-refractivity contribution in [2.45, 2.75) is 46.1 Å². The van der Waals surface area contributed by atoms with Gasteiger partial charge in [-0.15, -0.1) is 0 Å². The fourth-order valence-electron chi connectivity index (χ4n) is 1.61. The molecule has 0 unspecified atom stereocenters. The Morgan fingerprint density at radius 3 is 2.47 bits per heavy atom. The van der Waals surface area contributed by atoms with Crippen LogP contribution in [0.2, 0.25) is 0 Å². The third kappa shape index (κ3) is 4.38. The summed E-state index contributed by atoms with van der Waals surface area (Å²) in [5, 5.41) is 12.0. The lowest BCUT2D eigenvalue weighted by Crippen LogP contribution is -2.30. The lowest BCUT2D eigenvalue weighted by atomic mass is 10.1. The number of aliphatic carboxylic acids is 1. The van der Waals surface area contributed by atoms with Crippen LogP contribution in [0.25, 0.3) is 0 Å². The Kier molecular flexibility index (Phi) is 4.87. The van der Waals surface area contributed by atoms with E-state index >= 15 is 0 Å². The Labute approximate surface area is 101 Å². The molecule has 5 heteroatoms. The molecule has 0 fully saturated rings. The normalized spacial score (nSPS) is 12.2. The maximum absolute atomic E-state index is 11.1. The van der Waals surface area contributed by atoms with Gasteiger partial charge in [-0.1, -0.05) is 19.8 Å². The number of carbonyl (C=O) groups is 1. The van der Waals surface area contributed by atoms with Crippen LogP contribution in [0.3, 0.4) is 0 Å². The first-order chi connectivity index (χ1) is 8.02. The van der Waals surface area contributed by atoms with Gasteiger partial charge in [0.1, 0.15) is 6.04 Å². The summed E-state index contributed by atoms with van der Waals surface area (Å²) in [4.78, 5) is 19.4. The Balaban J connectivity index is 2.74. The largest absolute Gasteiger partial charge is 0.480 e. The van der Waals surface area contributed by atoms with Gasteiger partial charge in [0.15, 0.2) is 0 Å². The Hall–Kier alpha value is -1.65. The molecule has 0 radical (unpaired) electrons. The van der Waals surface area contributed by atoms with Crippen LogP contribution in [0.5, 0.6) is 0 Å². The molecule has 0 aliphatic heterocycles. The van der Waals surface area contributed by atoms with Gasteiger partial charge in [-0.25, -0.2) is 14.8 Å². The number of nitrogens with one attached hydrogen (secondary N) is 1. The highest BCUT2D eigenvalue weighted by Crippen LogP contribution is 2.09. The Morgan fingerprint density at radius 2 is 2.00 bits per heavy atom. The highest BCUT2D eigenvalue weighted by Gasteiger charge is 2.17. The predicted molar refractivity (Wildman–Crippen MR) is 66.1 cm³/mol. The molecule has 1 atom stereocenters. The van der Waals surface area contributed by atoms with E-state index < -0.39 is 12.0 Å². The highest BCUT2D eigenvalue weighted by molar-refractivity contribution is 5.76. The van der Waals surface area contributed by atoms with Crippen LogP contribution in [0.1, 0.15) is 37.6 Å². The van der Waals surface area contributed by atoms with E-state index in [-0.39, 0.29) is 0 Å². The minimum atomic E-state index is -0.860. The number of rotatable bonds is 6. The molecule has 0 aromatic carbocycles. The van der Waals surface area contributed by atoms with Gasteiger partial charge in [-0.3, -0.25) is 0 Å². The second-order valence-corrected chi connectivity index (χ2v) is 4.15. The van der Waals surface area contributed by atoms with Gasteiger partial charge < -0.3 is 10.4 Å². The van der Waals surface area contributed by atoms with Crippen LogP contribution in [0, 0.1) is 13.8 Å². The maximum Gasteiger partial charge on any atom is 0.326 e. The number of carboxylic acid groups (broad SMARTS) is 1. The topological polar surface area (TPSA) is 75.1 Å². The molecule has 0 saturated carbocycles. The molecule has 94 valence electrons. The highest BCUT2D eigenvalue weighted by atomic mass is 16.4. The molecule has 0 saturated heterocycles. The number of aryl methyl sites for hydroxylation is 2. The van der Waals surface area contributed by atoms with Gasteiger partial charge >= 0.3 is 5.97 Å². The van der Waals surface area contributed by atoms with Crippen LogP contribution in [-0.4, -0.2) is 27.1 Å². The van der Waals surface area contributed by atoms with Gasteiger partial charge in [0.2, 0.25) is 5.95 Å². The van der Waals surface area contributed by atoms with Crippen molar-refractivity contribution in [1.29, 1.82) is 0 Å². The zero-order chi connectivity index (χ0) is 12.8. The van der Waals surface area contributed by atoms with Crippen LogP contribution >= 0.6 is 0 Å². The molecule has 2 N–H and O–H groups in total. The zero-order valence-corrected chi connectivity index (χ0v) is 10.5. The molecule has 1 rings (SSSR count). The van der Waals surface area contributed by atoms with E-state index in [2.05, 4.69) is 15.3 Å². The third-order valence-corrected chi connectivity index (χ3v) is 2.43. The fraction of sp³-hybridized carbons (Fsp3) is 0.583. The Bertz CT molecular complexity index is 373. The summed E-state index contributed by atoms with van der Waals surface area (Å²) in [6.07, 6.45) is 2.43. The van der Waals surface area contributed by atoms with Crippen molar-refractivity contribution in [2.24, 2.45) is 0 Å². The lowest BCUT2D eigenvalue weighted by Gasteiger charge is -2.14. The molecule has 1 aromatic heterocycles. The summed E-state index contributed by atoms with van der Waals surface area (Å²) >= 11 is 0. The van der Waals surface area contributed by atoms with Crippen molar-refractivity contribution >= 4 is 11.9 Å². The standard InChI is InChI=1S/C12H19N3O2/c1-4-5-6-10(11(16)17)15-12-13-8(2)7-9(3)14-12/h7,10H,4-6H2,1-3H3,(H,16,17)(H,13,14,15)/t10-/m0/s1. The van der Waals surface area contributed by atoms with Gasteiger partial charge in [0.25, 0.3) is 0 Å². The molecular weight excluding hydrogens is 218 g/mol. The predicted octanol–water partition coefficient (Wildman–Crippen LogP) is 2.15. The van der Waals surface area contributed by atoms with Crippen molar-refractivity contribution in [2.75, 3.05) is 5.32 Å². The molecule has 0 bridgehead atoms. The first kappa shape index (κ1) is 13.4. The molecule has 0 aliphatic rings. The van der Waals surface area contributed by atoms with Crippen LogP contribution in [0.4, 0.5) is 5.95 Å². The van der Waals surface area contributed by atoms with Gasteiger partial charge in [-0.05, 0) is 26.3 Å². The first-order valence-corrected chi connectivity index (χ1v) is 5.84. The van der Waals surface area contributed by atoms with Crippen molar-refractivity contribution in [3.63, 3.8) is 0 Å². The summed E-state index contributed by atoms with van der Waals surface area (Å²) < 4.78 is 0. The average molecular weight is 237 g/mol. The summed E-state index contributed by atoms with van der Waals surface area (Å²) in [7, 11) is 0. The van der Waals surface area contributed by atoms with E-state index in [1.807, 2.05) is 26.8 Å². The molecule has 1 aromatic rings. The number of unbranched alkanes of at least 4 members (excludes halogenated alkanes) is 1. The number of carboxylic acids is 1. The lowest BCUT2D eigenvalue weighted by molar-refractivity contribution is -0.138. The van der Waals surface area contributed by atoms with E-state index in [9.17, 15) is 4.79 Å². The fourth-order valence-corrected chi connectivity index (χ4v) is 1.61. The van der Waals surface area contributed by atoms with Crippen LogP contribution < -0.4 is 5.32 Å². The van der Waals surface area contributed by atoms with Gasteiger partial charge in [-0.2, -0.15) is 0 Å². The van der Waals surface area contributed by atoms with Gasteiger partial charge in [0, 0.05) is 11.4 Å². The number of nitrogens with zero attached hydrogens (tertiary/aromatic N) is 2. The van der Waals surface area contributed by atoms with Crippen molar-refractivity contribution in [1.82, 2.24) is 9.97 Å². The van der Waals surface area contributed by atoms with Crippen LogP contribution in [-0.2, 0) is 4.79 Å². The summed E-state index contributed by atoms with van der Waals surface area (Å²) in [6, 6.07) is 1.24. The summed E-state index contributed by atoms with van der Waals surface area (Å²) in [5.41, 5.74) is 1.67. The van der Waals surface area contributed by atoms with Crippen molar-refractivity contribution < 1.29 is 9.90 Å². The Morgan fingerprint density at radius 1 is 1.41 bits per heavy atom.